The van der Waals surface area contributed by atoms with Crippen LogP contribution in [0.1, 0.15) is 39.4 Å². The Morgan fingerprint density at radius 2 is 2.04 bits per heavy atom. The van der Waals surface area contributed by atoms with Gasteiger partial charge in [0.15, 0.2) is 0 Å². The molecular formula is C20H28N6O. The standard InChI is InChI=1S/C20H28N6O/c1-13-8-16(10-21-9-13)11-22-20(27)18-23-15(3)14(2)19(24-18)26-7-6-17(12-26)25(4)5/h8-10,17H,6-7,11-12H2,1-5H3,(H,22,27)/t17-/m1/s1. The molecule has 1 aliphatic rings. The Labute approximate surface area is 160 Å². The monoisotopic (exact) mass is 368 g/mol. The highest BCUT2D eigenvalue weighted by Gasteiger charge is 2.27. The van der Waals surface area contributed by atoms with Gasteiger partial charge in [-0.05, 0) is 52.4 Å². The third-order valence-corrected chi connectivity index (χ3v) is 5.14. The minimum Gasteiger partial charge on any atom is -0.355 e. The maximum atomic E-state index is 12.6. The van der Waals surface area contributed by atoms with Crippen LogP contribution in [0.15, 0.2) is 18.5 Å². The Morgan fingerprint density at radius 3 is 2.70 bits per heavy atom. The van der Waals surface area contributed by atoms with Gasteiger partial charge in [0.2, 0.25) is 5.82 Å². The summed E-state index contributed by atoms with van der Waals surface area (Å²) in [4.78, 5) is 30.3. The number of hydrogen-bond acceptors (Lipinski definition) is 6. The molecule has 1 aliphatic heterocycles. The highest BCUT2D eigenvalue weighted by Crippen LogP contribution is 2.25. The second-order valence-corrected chi connectivity index (χ2v) is 7.49. The Hall–Kier alpha value is -2.54. The van der Waals surface area contributed by atoms with Gasteiger partial charge in [0, 0.05) is 49.3 Å². The van der Waals surface area contributed by atoms with E-state index in [2.05, 4.69) is 44.2 Å². The zero-order chi connectivity index (χ0) is 19.6. The summed E-state index contributed by atoms with van der Waals surface area (Å²) in [7, 11) is 4.20. The molecule has 1 saturated heterocycles. The van der Waals surface area contributed by atoms with Gasteiger partial charge in [-0.2, -0.15) is 0 Å². The molecule has 0 aromatic carbocycles. The Bertz CT molecular complexity index is 835. The fraction of sp³-hybridized carbons (Fsp3) is 0.500. The second kappa shape index (κ2) is 8.00. The van der Waals surface area contributed by atoms with Gasteiger partial charge in [-0.3, -0.25) is 9.78 Å². The van der Waals surface area contributed by atoms with E-state index < -0.39 is 0 Å². The molecule has 7 heteroatoms. The van der Waals surface area contributed by atoms with E-state index in [1.165, 1.54) is 0 Å². The van der Waals surface area contributed by atoms with Crippen molar-refractivity contribution in [1.82, 2.24) is 25.2 Å². The van der Waals surface area contributed by atoms with Crippen molar-refractivity contribution < 1.29 is 4.79 Å². The smallest absolute Gasteiger partial charge is 0.289 e. The van der Waals surface area contributed by atoms with Crippen LogP contribution in [0.3, 0.4) is 0 Å². The minimum absolute atomic E-state index is 0.224. The number of carbonyl (C=O) groups excluding carboxylic acids is 1. The van der Waals surface area contributed by atoms with Crippen LogP contribution in [0.25, 0.3) is 0 Å². The average Bonchev–Trinajstić information content (AvgIpc) is 3.12. The third-order valence-electron chi connectivity index (χ3n) is 5.14. The first-order chi connectivity index (χ1) is 12.8. The number of aryl methyl sites for hydroxylation is 2. The molecule has 2 aromatic heterocycles. The van der Waals surface area contributed by atoms with Crippen molar-refractivity contribution in [3.05, 3.63) is 46.7 Å². The van der Waals surface area contributed by atoms with Crippen molar-refractivity contribution in [2.75, 3.05) is 32.1 Å². The van der Waals surface area contributed by atoms with Crippen LogP contribution < -0.4 is 10.2 Å². The first kappa shape index (κ1) is 19.2. The quantitative estimate of drug-likeness (QED) is 0.868. The van der Waals surface area contributed by atoms with Gasteiger partial charge in [0.1, 0.15) is 5.82 Å². The molecule has 1 atom stereocenters. The van der Waals surface area contributed by atoms with E-state index in [1.54, 1.807) is 12.4 Å². The van der Waals surface area contributed by atoms with Crippen LogP contribution >= 0.6 is 0 Å². The molecular weight excluding hydrogens is 340 g/mol. The van der Waals surface area contributed by atoms with E-state index in [0.717, 1.165) is 47.7 Å². The number of carbonyl (C=O) groups is 1. The largest absolute Gasteiger partial charge is 0.355 e. The minimum atomic E-state index is -0.260. The number of anilines is 1. The van der Waals surface area contributed by atoms with Crippen molar-refractivity contribution in [3.8, 4) is 0 Å². The summed E-state index contributed by atoms with van der Waals surface area (Å²) >= 11 is 0. The zero-order valence-electron chi connectivity index (χ0n) is 16.8. The molecule has 144 valence electrons. The van der Waals surface area contributed by atoms with Crippen molar-refractivity contribution in [2.24, 2.45) is 0 Å². The van der Waals surface area contributed by atoms with Crippen LogP contribution in [0.5, 0.6) is 0 Å². The van der Waals surface area contributed by atoms with Gasteiger partial charge in [-0.1, -0.05) is 6.07 Å². The molecule has 7 nitrogen and oxygen atoms in total. The Morgan fingerprint density at radius 1 is 1.26 bits per heavy atom. The van der Waals surface area contributed by atoms with E-state index >= 15 is 0 Å². The van der Waals surface area contributed by atoms with E-state index in [9.17, 15) is 4.79 Å². The summed E-state index contributed by atoms with van der Waals surface area (Å²) in [6, 6.07) is 2.51. The fourth-order valence-corrected chi connectivity index (χ4v) is 3.35. The maximum Gasteiger partial charge on any atom is 0.289 e. The van der Waals surface area contributed by atoms with Gasteiger partial charge in [0.05, 0.1) is 0 Å². The van der Waals surface area contributed by atoms with E-state index in [-0.39, 0.29) is 11.7 Å². The molecule has 27 heavy (non-hydrogen) atoms. The number of aromatic nitrogens is 3. The number of hydrogen-bond donors (Lipinski definition) is 1. The Kier molecular flexibility index (Phi) is 5.70. The van der Waals surface area contributed by atoms with Crippen LogP contribution in [0.2, 0.25) is 0 Å². The fourth-order valence-electron chi connectivity index (χ4n) is 3.35. The lowest BCUT2D eigenvalue weighted by Gasteiger charge is -2.23. The number of amides is 1. The third kappa shape index (κ3) is 4.42. The normalized spacial score (nSPS) is 16.8. The number of pyridine rings is 1. The SMILES string of the molecule is Cc1cncc(CNC(=O)c2nc(C)c(C)c(N3CC[C@@H](N(C)C)C3)n2)c1. The maximum absolute atomic E-state index is 12.6. The van der Waals surface area contributed by atoms with Gasteiger partial charge < -0.3 is 15.1 Å². The molecule has 0 aliphatic carbocycles. The molecule has 0 spiro atoms. The highest BCUT2D eigenvalue weighted by atomic mass is 16.2. The van der Waals surface area contributed by atoms with Crippen LogP contribution in [-0.4, -0.2) is 59.0 Å². The molecule has 2 aromatic rings. The molecule has 0 unspecified atom stereocenters. The van der Waals surface area contributed by atoms with Crippen LogP contribution in [-0.2, 0) is 6.54 Å². The lowest BCUT2D eigenvalue weighted by molar-refractivity contribution is 0.0940. The molecule has 1 amide bonds. The first-order valence-electron chi connectivity index (χ1n) is 9.30. The number of nitrogens with one attached hydrogen (secondary N) is 1. The summed E-state index contributed by atoms with van der Waals surface area (Å²) < 4.78 is 0. The predicted octanol–water partition coefficient (Wildman–Crippen LogP) is 1.87. The zero-order valence-corrected chi connectivity index (χ0v) is 16.8. The first-order valence-corrected chi connectivity index (χ1v) is 9.30. The number of rotatable bonds is 5. The number of likely N-dealkylation sites (N-methyl/N-ethyl adjacent to an activating group) is 1. The molecule has 1 N–H and O–H groups in total. The van der Waals surface area contributed by atoms with E-state index in [1.807, 2.05) is 26.8 Å². The highest BCUT2D eigenvalue weighted by molar-refractivity contribution is 5.91. The summed E-state index contributed by atoms with van der Waals surface area (Å²) in [6.45, 7) is 8.20. The molecule has 0 radical (unpaired) electrons. The van der Waals surface area contributed by atoms with Crippen molar-refractivity contribution in [1.29, 1.82) is 0 Å². The predicted molar refractivity (Wildman–Crippen MR) is 106 cm³/mol. The number of nitrogens with zero attached hydrogens (tertiary/aromatic N) is 5. The summed E-state index contributed by atoms with van der Waals surface area (Å²) in [5, 5.41) is 2.90. The lowest BCUT2D eigenvalue weighted by Crippen LogP contribution is -2.33. The average molecular weight is 368 g/mol. The summed E-state index contributed by atoms with van der Waals surface area (Å²) in [5.41, 5.74) is 3.90. The van der Waals surface area contributed by atoms with Crippen molar-refractivity contribution in [2.45, 2.75) is 39.8 Å². The van der Waals surface area contributed by atoms with Gasteiger partial charge in [0.25, 0.3) is 5.91 Å². The lowest BCUT2D eigenvalue weighted by atomic mass is 10.2. The van der Waals surface area contributed by atoms with E-state index in [0.29, 0.717) is 12.6 Å². The molecule has 3 rings (SSSR count). The summed E-state index contributed by atoms with van der Waals surface area (Å²) in [6.07, 6.45) is 4.64. The van der Waals surface area contributed by atoms with E-state index in [4.69, 9.17) is 0 Å². The van der Waals surface area contributed by atoms with Crippen molar-refractivity contribution >= 4 is 11.7 Å². The molecule has 0 saturated carbocycles. The van der Waals surface area contributed by atoms with Crippen molar-refractivity contribution in [3.63, 3.8) is 0 Å². The van der Waals surface area contributed by atoms with Gasteiger partial charge in [-0.15, -0.1) is 0 Å². The van der Waals surface area contributed by atoms with Gasteiger partial charge >= 0.3 is 0 Å². The summed E-state index contributed by atoms with van der Waals surface area (Å²) in [5.74, 6) is 0.834. The second-order valence-electron chi connectivity index (χ2n) is 7.49. The van der Waals surface area contributed by atoms with Gasteiger partial charge in [-0.25, -0.2) is 9.97 Å². The molecule has 0 bridgehead atoms. The topological polar surface area (TPSA) is 74.2 Å². The Balaban J connectivity index is 1.76. The molecule has 3 heterocycles. The van der Waals surface area contributed by atoms with Crippen LogP contribution in [0.4, 0.5) is 5.82 Å². The molecule has 1 fully saturated rings. The van der Waals surface area contributed by atoms with Crippen LogP contribution in [0, 0.1) is 20.8 Å².